The smallest absolute Gasteiger partial charge is 0.160 e. The highest BCUT2D eigenvalue weighted by atomic mass is 14.9. The van der Waals surface area contributed by atoms with Crippen LogP contribution in [-0.2, 0) is 0 Å². The number of fused-ring (bicyclic) bond motifs is 4. The first-order valence-electron chi connectivity index (χ1n) is 16.1. The van der Waals surface area contributed by atoms with E-state index in [0.29, 0.717) is 11.6 Å². The predicted molar refractivity (Wildman–Crippen MR) is 197 cm³/mol. The lowest BCUT2D eigenvalue weighted by molar-refractivity contribution is 1.18. The second-order valence-electron chi connectivity index (χ2n) is 11.9. The highest BCUT2D eigenvalue weighted by Crippen LogP contribution is 2.35. The standard InChI is InChI=1S/C44H28N4/c1-3-13-31(14-4-1)39-28-40(36-24-19-29-11-7-8-17-35(29)27-36)46-43(45-39)34-22-20-32(21-23-34)41-38-26-25-30-12-9-10-18-37(30)42(38)48-44(47-41)33-15-5-2-6-16-33/h1-28H. The van der Waals surface area contributed by atoms with Crippen LogP contribution in [0.3, 0.4) is 0 Å². The third kappa shape index (κ3) is 5.06. The van der Waals surface area contributed by atoms with Crippen molar-refractivity contribution in [2.24, 2.45) is 0 Å². The van der Waals surface area contributed by atoms with Crippen LogP contribution in [0.5, 0.6) is 0 Å². The lowest BCUT2D eigenvalue weighted by Crippen LogP contribution is -1.97. The molecule has 0 radical (unpaired) electrons. The van der Waals surface area contributed by atoms with Gasteiger partial charge in [-0.1, -0.05) is 152 Å². The van der Waals surface area contributed by atoms with Gasteiger partial charge in [0.15, 0.2) is 11.6 Å². The molecule has 0 aliphatic heterocycles. The van der Waals surface area contributed by atoms with E-state index in [1.807, 2.05) is 36.4 Å². The molecule has 0 atom stereocenters. The lowest BCUT2D eigenvalue weighted by atomic mass is 10.00. The van der Waals surface area contributed by atoms with Gasteiger partial charge in [-0.2, -0.15) is 0 Å². The Morgan fingerprint density at radius 1 is 0.292 bits per heavy atom. The Balaban J connectivity index is 1.18. The Kier molecular flexibility index (Phi) is 6.76. The van der Waals surface area contributed by atoms with E-state index < -0.39 is 0 Å². The molecule has 224 valence electrons. The van der Waals surface area contributed by atoms with Gasteiger partial charge in [0.05, 0.1) is 22.6 Å². The SMILES string of the molecule is c1ccc(-c2cc(-c3ccc4ccccc4c3)nc(-c3ccc(-c4nc(-c5ccccc5)nc5c4ccc4ccccc45)cc3)n2)cc1. The average Bonchev–Trinajstić information content (AvgIpc) is 3.18. The van der Waals surface area contributed by atoms with Crippen molar-refractivity contribution >= 4 is 32.4 Å². The molecule has 9 aromatic rings. The van der Waals surface area contributed by atoms with Crippen LogP contribution in [0.25, 0.3) is 89.0 Å². The van der Waals surface area contributed by atoms with Gasteiger partial charge in [0, 0.05) is 38.6 Å². The van der Waals surface area contributed by atoms with Gasteiger partial charge in [-0.25, -0.2) is 19.9 Å². The van der Waals surface area contributed by atoms with Crippen molar-refractivity contribution in [3.63, 3.8) is 0 Å². The molecule has 7 aromatic carbocycles. The molecule has 0 unspecified atom stereocenters. The van der Waals surface area contributed by atoms with Gasteiger partial charge in [0.2, 0.25) is 0 Å². The van der Waals surface area contributed by atoms with E-state index in [2.05, 4.69) is 133 Å². The molecule has 2 aromatic heterocycles. The number of aromatic nitrogens is 4. The fourth-order valence-corrected chi connectivity index (χ4v) is 6.41. The summed E-state index contributed by atoms with van der Waals surface area (Å²) in [4.78, 5) is 20.4. The highest BCUT2D eigenvalue weighted by Gasteiger charge is 2.15. The summed E-state index contributed by atoms with van der Waals surface area (Å²) < 4.78 is 0. The van der Waals surface area contributed by atoms with Crippen LogP contribution < -0.4 is 0 Å². The highest BCUT2D eigenvalue weighted by molar-refractivity contribution is 6.09. The molecule has 4 heteroatoms. The molecule has 0 saturated carbocycles. The molecule has 0 saturated heterocycles. The van der Waals surface area contributed by atoms with E-state index >= 15 is 0 Å². The number of hydrogen-bond donors (Lipinski definition) is 0. The van der Waals surface area contributed by atoms with E-state index in [9.17, 15) is 0 Å². The minimum atomic E-state index is 0.676. The molecule has 0 amide bonds. The number of nitrogens with zero attached hydrogens (tertiary/aromatic N) is 4. The average molecular weight is 613 g/mol. The van der Waals surface area contributed by atoms with Crippen molar-refractivity contribution in [3.8, 4) is 56.5 Å². The van der Waals surface area contributed by atoms with Crippen LogP contribution in [0.1, 0.15) is 0 Å². The van der Waals surface area contributed by atoms with E-state index in [1.54, 1.807) is 0 Å². The zero-order valence-corrected chi connectivity index (χ0v) is 26.0. The van der Waals surface area contributed by atoms with Crippen molar-refractivity contribution in [2.45, 2.75) is 0 Å². The van der Waals surface area contributed by atoms with E-state index in [4.69, 9.17) is 19.9 Å². The fraction of sp³-hybridized carbons (Fsp3) is 0. The first-order chi connectivity index (χ1) is 23.8. The number of rotatable bonds is 5. The minimum Gasteiger partial charge on any atom is -0.228 e. The van der Waals surface area contributed by atoms with Gasteiger partial charge in [0.1, 0.15) is 0 Å². The Labute approximate surface area is 278 Å². The van der Waals surface area contributed by atoms with Crippen molar-refractivity contribution in [1.29, 1.82) is 0 Å². The molecule has 0 fully saturated rings. The lowest BCUT2D eigenvalue weighted by Gasteiger charge is -2.13. The van der Waals surface area contributed by atoms with Gasteiger partial charge < -0.3 is 0 Å². The van der Waals surface area contributed by atoms with Crippen molar-refractivity contribution in [2.75, 3.05) is 0 Å². The van der Waals surface area contributed by atoms with E-state index in [1.165, 1.54) is 10.8 Å². The Hall–Kier alpha value is -6.52. The molecule has 0 spiro atoms. The molecule has 2 heterocycles. The molecule has 48 heavy (non-hydrogen) atoms. The normalized spacial score (nSPS) is 11.3. The molecule has 9 rings (SSSR count). The van der Waals surface area contributed by atoms with Gasteiger partial charge in [-0.05, 0) is 34.4 Å². The zero-order valence-electron chi connectivity index (χ0n) is 26.0. The maximum Gasteiger partial charge on any atom is 0.160 e. The van der Waals surface area contributed by atoms with Crippen LogP contribution in [0.2, 0.25) is 0 Å². The van der Waals surface area contributed by atoms with Crippen molar-refractivity contribution < 1.29 is 0 Å². The van der Waals surface area contributed by atoms with Crippen LogP contribution in [0.4, 0.5) is 0 Å². The van der Waals surface area contributed by atoms with Gasteiger partial charge in [-0.3, -0.25) is 0 Å². The number of benzene rings is 7. The van der Waals surface area contributed by atoms with E-state index in [-0.39, 0.29) is 0 Å². The molecule has 0 aliphatic carbocycles. The summed E-state index contributed by atoms with van der Waals surface area (Å²) >= 11 is 0. The van der Waals surface area contributed by atoms with Crippen molar-refractivity contribution in [3.05, 3.63) is 170 Å². The Morgan fingerprint density at radius 3 is 1.60 bits per heavy atom. The molecule has 0 bridgehead atoms. The third-order valence-corrected chi connectivity index (χ3v) is 8.88. The molecule has 4 nitrogen and oxygen atoms in total. The Bertz CT molecular complexity index is 2600. The van der Waals surface area contributed by atoms with Crippen molar-refractivity contribution in [1.82, 2.24) is 19.9 Å². The maximum atomic E-state index is 5.14. The zero-order chi connectivity index (χ0) is 31.9. The fourth-order valence-electron chi connectivity index (χ4n) is 6.41. The topological polar surface area (TPSA) is 51.6 Å². The summed E-state index contributed by atoms with van der Waals surface area (Å²) in [6.45, 7) is 0. The van der Waals surface area contributed by atoms with Gasteiger partial charge >= 0.3 is 0 Å². The van der Waals surface area contributed by atoms with Crippen LogP contribution >= 0.6 is 0 Å². The summed E-state index contributed by atoms with van der Waals surface area (Å²) in [5, 5.41) is 5.67. The first kappa shape index (κ1) is 27.8. The molecular formula is C44H28N4. The van der Waals surface area contributed by atoms with Gasteiger partial charge in [0.25, 0.3) is 0 Å². The monoisotopic (exact) mass is 612 g/mol. The summed E-state index contributed by atoms with van der Waals surface area (Å²) in [5.41, 5.74) is 8.64. The third-order valence-electron chi connectivity index (χ3n) is 8.88. The largest absolute Gasteiger partial charge is 0.228 e. The number of hydrogen-bond acceptors (Lipinski definition) is 4. The predicted octanol–water partition coefficient (Wildman–Crippen LogP) is 11.1. The molecule has 0 N–H and O–H groups in total. The Morgan fingerprint density at radius 2 is 0.833 bits per heavy atom. The van der Waals surface area contributed by atoms with E-state index in [0.717, 1.165) is 66.6 Å². The second kappa shape index (κ2) is 11.7. The van der Waals surface area contributed by atoms with Gasteiger partial charge in [-0.15, -0.1) is 0 Å². The maximum absolute atomic E-state index is 5.14. The summed E-state index contributed by atoms with van der Waals surface area (Å²) in [5.74, 6) is 1.38. The van der Waals surface area contributed by atoms with Crippen LogP contribution in [-0.4, -0.2) is 19.9 Å². The minimum absolute atomic E-state index is 0.676. The summed E-state index contributed by atoms with van der Waals surface area (Å²) in [6.07, 6.45) is 0. The second-order valence-corrected chi connectivity index (χ2v) is 11.9. The molecular weight excluding hydrogens is 585 g/mol. The first-order valence-corrected chi connectivity index (χ1v) is 16.1. The van der Waals surface area contributed by atoms with Crippen LogP contribution in [0, 0.1) is 0 Å². The summed E-state index contributed by atoms with van der Waals surface area (Å²) in [7, 11) is 0. The summed E-state index contributed by atoms with van der Waals surface area (Å²) in [6, 6.07) is 58.6. The quantitative estimate of drug-likeness (QED) is 0.181. The van der Waals surface area contributed by atoms with Crippen LogP contribution in [0.15, 0.2) is 170 Å². The molecule has 0 aliphatic rings.